The zero-order valence-electron chi connectivity index (χ0n) is 7.88. The molecule has 1 aromatic carbocycles. The third kappa shape index (κ3) is 2.22. The fourth-order valence-electron chi connectivity index (χ4n) is 1.31. The smallest absolute Gasteiger partial charge is 0.273 e. The van der Waals surface area contributed by atoms with Crippen LogP contribution in [0.2, 0.25) is 0 Å². The fraction of sp³-hybridized carbons (Fsp3) is 0. The van der Waals surface area contributed by atoms with E-state index >= 15 is 0 Å². The number of amides is 1. The van der Waals surface area contributed by atoms with Crippen LogP contribution in [-0.2, 0) is 4.79 Å². The van der Waals surface area contributed by atoms with E-state index in [0.717, 1.165) is 18.2 Å². The molecule has 0 atom stereocenters. The molecule has 3 nitrogen and oxygen atoms in total. The second-order valence-electron chi connectivity index (χ2n) is 3.17. The van der Waals surface area contributed by atoms with Gasteiger partial charge in [-0.25, -0.2) is 8.78 Å². The monoisotopic (exact) mass is 240 g/mol. The van der Waals surface area contributed by atoms with Gasteiger partial charge in [-0.05, 0) is 36.0 Å². The van der Waals surface area contributed by atoms with E-state index < -0.39 is 17.5 Å². The van der Waals surface area contributed by atoms with E-state index in [1.54, 1.807) is 0 Å². The van der Waals surface area contributed by atoms with Crippen molar-refractivity contribution in [1.29, 1.82) is 0 Å². The molecule has 0 spiro atoms. The third-order valence-electron chi connectivity index (χ3n) is 1.92. The van der Waals surface area contributed by atoms with Crippen LogP contribution in [0.15, 0.2) is 23.9 Å². The Kier molecular flexibility index (Phi) is 2.66. The van der Waals surface area contributed by atoms with Crippen LogP contribution in [0.1, 0.15) is 5.56 Å². The van der Waals surface area contributed by atoms with Gasteiger partial charge in [0.25, 0.3) is 5.91 Å². The van der Waals surface area contributed by atoms with Crippen LogP contribution < -0.4 is 10.6 Å². The largest absolute Gasteiger partial charge is 0.328 e. The van der Waals surface area contributed by atoms with E-state index in [4.69, 9.17) is 12.2 Å². The summed E-state index contributed by atoms with van der Waals surface area (Å²) >= 11 is 4.71. The molecule has 0 bridgehead atoms. The molecule has 1 aliphatic rings. The quantitative estimate of drug-likeness (QED) is 0.574. The van der Waals surface area contributed by atoms with E-state index in [0.29, 0.717) is 0 Å². The van der Waals surface area contributed by atoms with E-state index in [9.17, 15) is 13.6 Å². The highest BCUT2D eigenvalue weighted by Crippen LogP contribution is 2.12. The molecule has 6 heteroatoms. The second-order valence-corrected chi connectivity index (χ2v) is 3.58. The summed E-state index contributed by atoms with van der Waals surface area (Å²) in [6.45, 7) is 0. The first-order valence-corrected chi connectivity index (χ1v) is 4.75. The molecule has 82 valence electrons. The Morgan fingerprint density at radius 3 is 2.25 bits per heavy atom. The average molecular weight is 240 g/mol. The summed E-state index contributed by atoms with van der Waals surface area (Å²) in [6.07, 6.45) is 1.32. The first kappa shape index (κ1) is 10.7. The van der Waals surface area contributed by atoms with Crippen LogP contribution in [-0.4, -0.2) is 11.0 Å². The van der Waals surface area contributed by atoms with Crippen molar-refractivity contribution in [3.63, 3.8) is 0 Å². The maximum atomic E-state index is 12.9. The van der Waals surface area contributed by atoms with Gasteiger partial charge in [-0.15, -0.1) is 0 Å². The molecule has 16 heavy (non-hydrogen) atoms. The predicted molar refractivity (Wildman–Crippen MR) is 58.2 cm³/mol. The molecule has 1 amide bonds. The molecule has 0 aromatic heterocycles. The van der Waals surface area contributed by atoms with Crippen LogP contribution in [0.5, 0.6) is 0 Å². The minimum atomic E-state index is -0.701. The molecule has 0 saturated carbocycles. The van der Waals surface area contributed by atoms with Gasteiger partial charge in [-0.3, -0.25) is 10.1 Å². The highest BCUT2D eigenvalue weighted by molar-refractivity contribution is 7.80. The lowest BCUT2D eigenvalue weighted by molar-refractivity contribution is -0.115. The highest BCUT2D eigenvalue weighted by atomic mass is 32.1. The summed E-state index contributed by atoms with van der Waals surface area (Å²) in [5.74, 6) is -1.82. The molecule has 0 radical (unpaired) electrons. The molecule has 0 unspecified atom stereocenters. The van der Waals surface area contributed by atoms with Crippen LogP contribution >= 0.6 is 12.2 Å². The highest BCUT2D eigenvalue weighted by Gasteiger charge is 2.19. The Morgan fingerprint density at radius 1 is 1.12 bits per heavy atom. The lowest BCUT2D eigenvalue weighted by Gasteiger charge is -1.97. The van der Waals surface area contributed by atoms with Gasteiger partial charge in [-0.1, -0.05) is 0 Å². The Hall–Kier alpha value is -1.82. The summed E-state index contributed by atoms with van der Waals surface area (Å²) < 4.78 is 25.7. The van der Waals surface area contributed by atoms with Gasteiger partial charge >= 0.3 is 0 Å². The number of rotatable bonds is 1. The van der Waals surface area contributed by atoms with Crippen molar-refractivity contribution in [3.05, 3.63) is 41.1 Å². The van der Waals surface area contributed by atoms with E-state index in [1.807, 2.05) is 0 Å². The van der Waals surface area contributed by atoms with E-state index in [2.05, 4.69) is 10.6 Å². The number of halogens is 2. The Morgan fingerprint density at radius 2 is 1.75 bits per heavy atom. The first-order valence-electron chi connectivity index (χ1n) is 4.35. The number of nitrogens with one attached hydrogen (secondary N) is 2. The molecule has 0 aliphatic carbocycles. The van der Waals surface area contributed by atoms with Crippen molar-refractivity contribution in [2.45, 2.75) is 0 Å². The van der Waals surface area contributed by atoms with Crippen LogP contribution in [0, 0.1) is 11.6 Å². The van der Waals surface area contributed by atoms with E-state index in [1.165, 1.54) is 6.08 Å². The molecule has 2 N–H and O–H groups in total. The lowest BCUT2D eigenvalue weighted by Crippen LogP contribution is -2.21. The second kappa shape index (κ2) is 3.97. The van der Waals surface area contributed by atoms with Gasteiger partial charge in [0.2, 0.25) is 0 Å². The van der Waals surface area contributed by atoms with E-state index in [-0.39, 0.29) is 16.4 Å². The van der Waals surface area contributed by atoms with Crippen molar-refractivity contribution < 1.29 is 13.6 Å². The molecule has 1 aliphatic heterocycles. The summed E-state index contributed by atoms with van der Waals surface area (Å²) in [7, 11) is 0. The van der Waals surface area contributed by atoms with Gasteiger partial charge < -0.3 is 5.32 Å². The molecule has 1 heterocycles. The van der Waals surface area contributed by atoms with Gasteiger partial charge in [0.15, 0.2) is 5.11 Å². The molecule has 1 aromatic rings. The summed E-state index contributed by atoms with van der Waals surface area (Å²) in [4.78, 5) is 11.2. The minimum Gasteiger partial charge on any atom is -0.328 e. The molecule has 1 fully saturated rings. The van der Waals surface area contributed by atoms with Crippen LogP contribution in [0.4, 0.5) is 8.78 Å². The summed E-state index contributed by atoms with van der Waals surface area (Å²) in [5, 5.41) is 5.09. The Labute approximate surface area is 95.1 Å². The maximum absolute atomic E-state index is 12.9. The standard InChI is InChI=1S/C10H6F2N2OS/c11-6-1-5(2-7(12)4-6)3-8-9(15)14-10(16)13-8/h1-4H,(H2,13,14,15,16)/b8-3-. The SMILES string of the molecule is O=C1NC(=S)N/C1=C\c1cc(F)cc(F)c1. The zero-order chi connectivity index (χ0) is 11.7. The molecular formula is C10H6F2N2OS. The molecule has 2 rings (SSSR count). The minimum absolute atomic E-state index is 0.162. The zero-order valence-corrected chi connectivity index (χ0v) is 8.70. The van der Waals surface area contributed by atoms with Gasteiger partial charge in [0.05, 0.1) is 0 Å². The van der Waals surface area contributed by atoms with Gasteiger partial charge in [-0.2, -0.15) is 0 Å². The van der Waals surface area contributed by atoms with Crippen LogP contribution in [0.25, 0.3) is 6.08 Å². The fourth-order valence-corrected chi connectivity index (χ4v) is 1.51. The third-order valence-corrected chi connectivity index (χ3v) is 2.12. The number of hydrogen-bond acceptors (Lipinski definition) is 2. The Bertz CT molecular complexity index is 493. The van der Waals surface area contributed by atoms with Crippen LogP contribution in [0.3, 0.4) is 0 Å². The molecule has 1 saturated heterocycles. The van der Waals surface area contributed by atoms with Gasteiger partial charge in [0, 0.05) is 6.07 Å². The number of thiocarbonyl (C=S) groups is 1. The number of hydrogen-bond donors (Lipinski definition) is 2. The topological polar surface area (TPSA) is 41.1 Å². The lowest BCUT2D eigenvalue weighted by atomic mass is 10.2. The van der Waals surface area contributed by atoms with Crippen molar-refractivity contribution in [1.82, 2.24) is 10.6 Å². The van der Waals surface area contributed by atoms with Crippen molar-refractivity contribution in [2.75, 3.05) is 0 Å². The maximum Gasteiger partial charge on any atom is 0.273 e. The number of carbonyl (C=O) groups is 1. The van der Waals surface area contributed by atoms with Gasteiger partial charge in [0.1, 0.15) is 17.3 Å². The number of benzene rings is 1. The van der Waals surface area contributed by atoms with Crippen molar-refractivity contribution >= 4 is 29.3 Å². The first-order chi connectivity index (χ1) is 7.54. The normalized spacial score (nSPS) is 17.5. The Balaban J connectivity index is 2.36. The molecular weight excluding hydrogens is 234 g/mol. The van der Waals surface area contributed by atoms with Crippen molar-refractivity contribution in [2.24, 2.45) is 0 Å². The van der Waals surface area contributed by atoms with Crippen molar-refractivity contribution in [3.8, 4) is 0 Å². The summed E-state index contributed by atoms with van der Waals surface area (Å²) in [6, 6.07) is 2.99. The average Bonchev–Trinajstić information content (AvgIpc) is 2.43. The predicted octanol–water partition coefficient (Wildman–Crippen LogP) is 1.31. The number of carbonyl (C=O) groups excluding carboxylic acids is 1. The summed E-state index contributed by atoms with van der Waals surface area (Å²) in [5.41, 5.74) is 0.412.